The predicted octanol–water partition coefficient (Wildman–Crippen LogP) is 1.36. The normalized spacial score (nSPS) is 20.1. The highest BCUT2D eigenvalue weighted by atomic mass is 32.1. The lowest BCUT2D eigenvalue weighted by molar-refractivity contribution is 0.0956. The van der Waals surface area contributed by atoms with E-state index in [2.05, 4.69) is 22.0 Å². The summed E-state index contributed by atoms with van der Waals surface area (Å²) in [6, 6.07) is 2.33. The van der Waals surface area contributed by atoms with Crippen LogP contribution in [0.4, 0.5) is 10.7 Å². The minimum absolute atomic E-state index is 0.00607. The summed E-state index contributed by atoms with van der Waals surface area (Å²) in [5.41, 5.74) is 6.62. The lowest BCUT2D eigenvalue weighted by Gasteiger charge is -2.34. The van der Waals surface area contributed by atoms with Crippen molar-refractivity contribution >= 4 is 27.9 Å². The van der Waals surface area contributed by atoms with Gasteiger partial charge >= 0.3 is 0 Å². The van der Waals surface area contributed by atoms with Gasteiger partial charge in [0, 0.05) is 32.2 Å². The fourth-order valence-electron chi connectivity index (χ4n) is 2.49. The Labute approximate surface area is 123 Å². The van der Waals surface area contributed by atoms with Crippen LogP contribution in [-0.4, -0.2) is 49.6 Å². The number of nitrogens with two attached hydrogens (primary N) is 1. The van der Waals surface area contributed by atoms with Crippen LogP contribution in [0.3, 0.4) is 0 Å². The maximum atomic E-state index is 12.1. The molecule has 0 radical (unpaired) electrons. The number of piperazine rings is 1. The van der Waals surface area contributed by atoms with Crippen LogP contribution < -0.4 is 16.0 Å². The van der Waals surface area contributed by atoms with E-state index < -0.39 is 0 Å². The molecule has 1 amide bonds. The lowest BCUT2D eigenvalue weighted by Crippen LogP contribution is -2.45. The number of nitrogens with zero attached hydrogens (tertiary/aromatic N) is 2. The number of hydrogen-bond acceptors (Lipinski definition) is 5. The molecule has 1 saturated carbocycles. The van der Waals surface area contributed by atoms with Crippen LogP contribution in [0.5, 0.6) is 0 Å². The molecule has 1 saturated heterocycles. The van der Waals surface area contributed by atoms with E-state index in [0.717, 1.165) is 50.6 Å². The molecule has 20 heavy (non-hydrogen) atoms. The number of nitrogen functional groups attached to an aromatic ring is 1. The Balaban J connectivity index is 1.67. The topological polar surface area (TPSA) is 61.6 Å². The predicted molar refractivity (Wildman–Crippen MR) is 83.5 cm³/mol. The SMILES string of the molecule is CCN1CCN(c2cc(N)c(C(=O)NC3CC3)s2)CC1. The quantitative estimate of drug-likeness (QED) is 0.880. The second-order valence-electron chi connectivity index (χ2n) is 5.54. The third-order valence-electron chi connectivity index (χ3n) is 4.00. The zero-order valence-electron chi connectivity index (χ0n) is 11.9. The van der Waals surface area contributed by atoms with E-state index in [0.29, 0.717) is 16.6 Å². The Kier molecular flexibility index (Phi) is 3.85. The Morgan fingerprint density at radius 3 is 2.70 bits per heavy atom. The second kappa shape index (κ2) is 5.61. The van der Waals surface area contributed by atoms with Gasteiger partial charge in [-0.3, -0.25) is 4.79 Å². The van der Waals surface area contributed by atoms with Gasteiger partial charge in [-0.05, 0) is 25.5 Å². The van der Waals surface area contributed by atoms with Crippen LogP contribution in [0.1, 0.15) is 29.4 Å². The highest BCUT2D eigenvalue weighted by Crippen LogP contribution is 2.33. The van der Waals surface area contributed by atoms with Crippen molar-refractivity contribution in [3.8, 4) is 0 Å². The molecule has 1 aliphatic heterocycles. The molecule has 110 valence electrons. The van der Waals surface area contributed by atoms with Crippen molar-refractivity contribution in [3.05, 3.63) is 10.9 Å². The summed E-state index contributed by atoms with van der Waals surface area (Å²) in [4.78, 5) is 17.5. The van der Waals surface area contributed by atoms with Gasteiger partial charge in [0.1, 0.15) is 4.88 Å². The third-order valence-corrected chi connectivity index (χ3v) is 5.21. The number of hydrogen-bond donors (Lipinski definition) is 2. The number of rotatable bonds is 4. The minimum atomic E-state index is -0.00607. The average molecular weight is 294 g/mol. The molecule has 1 aromatic heterocycles. The van der Waals surface area contributed by atoms with Crippen LogP contribution in [0, 0.1) is 0 Å². The molecule has 3 rings (SSSR count). The minimum Gasteiger partial charge on any atom is -0.397 e. The molecule has 2 aliphatic rings. The molecular formula is C14H22N4OS. The van der Waals surface area contributed by atoms with Crippen molar-refractivity contribution in [1.82, 2.24) is 10.2 Å². The van der Waals surface area contributed by atoms with Crippen LogP contribution >= 0.6 is 11.3 Å². The largest absolute Gasteiger partial charge is 0.397 e. The number of amides is 1. The van der Waals surface area contributed by atoms with E-state index in [9.17, 15) is 4.79 Å². The zero-order chi connectivity index (χ0) is 14.1. The van der Waals surface area contributed by atoms with Gasteiger partial charge in [0.2, 0.25) is 0 Å². The summed E-state index contributed by atoms with van der Waals surface area (Å²) in [5.74, 6) is -0.00607. The van der Waals surface area contributed by atoms with Crippen molar-refractivity contribution in [2.45, 2.75) is 25.8 Å². The van der Waals surface area contributed by atoms with E-state index >= 15 is 0 Å². The number of anilines is 2. The molecule has 0 unspecified atom stereocenters. The van der Waals surface area contributed by atoms with Gasteiger partial charge in [0.15, 0.2) is 0 Å². The molecule has 3 N–H and O–H groups in total. The fourth-order valence-corrected chi connectivity index (χ4v) is 3.52. The van der Waals surface area contributed by atoms with Gasteiger partial charge in [-0.2, -0.15) is 0 Å². The van der Waals surface area contributed by atoms with E-state index in [4.69, 9.17) is 5.73 Å². The highest BCUT2D eigenvalue weighted by molar-refractivity contribution is 7.18. The average Bonchev–Trinajstić information content (AvgIpc) is 3.18. The van der Waals surface area contributed by atoms with E-state index in [1.165, 1.54) is 11.3 Å². The summed E-state index contributed by atoms with van der Waals surface area (Å²) in [7, 11) is 0. The molecule has 0 bridgehead atoms. The van der Waals surface area contributed by atoms with E-state index in [1.807, 2.05) is 6.07 Å². The van der Waals surface area contributed by atoms with Gasteiger partial charge in [-0.25, -0.2) is 0 Å². The first-order chi connectivity index (χ1) is 9.67. The highest BCUT2D eigenvalue weighted by Gasteiger charge is 2.26. The van der Waals surface area contributed by atoms with Crippen LogP contribution in [0.25, 0.3) is 0 Å². The molecule has 0 spiro atoms. The zero-order valence-corrected chi connectivity index (χ0v) is 12.7. The second-order valence-corrected chi connectivity index (χ2v) is 6.57. The van der Waals surface area contributed by atoms with Gasteiger partial charge < -0.3 is 20.9 Å². The molecule has 1 aromatic rings. The van der Waals surface area contributed by atoms with Gasteiger partial charge in [-0.15, -0.1) is 11.3 Å². The number of carbonyl (C=O) groups is 1. The van der Waals surface area contributed by atoms with Crippen LogP contribution in [0.15, 0.2) is 6.07 Å². The maximum Gasteiger partial charge on any atom is 0.263 e. The van der Waals surface area contributed by atoms with Crippen molar-refractivity contribution in [3.63, 3.8) is 0 Å². The molecule has 2 heterocycles. The molecular weight excluding hydrogens is 272 g/mol. The smallest absolute Gasteiger partial charge is 0.263 e. The molecule has 6 heteroatoms. The molecule has 1 aliphatic carbocycles. The van der Waals surface area contributed by atoms with Crippen molar-refractivity contribution in [2.24, 2.45) is 0 Å². The van der Waals surface area contributed by atoms with Crippen molar-refractivity contribution < 1.29 is 4.79 Å². The Morgan fingerprint density at radius 1 is 1.40 bits per heavy atom. The first-order valence-electron chi connectivity index (χ1n) is 7.35. The maximum absolute atomic E-state index is 12.1. The van der Waals surface area contributed by atoms with Crippen LogP contribution in [-0.2, 0) is 0 Å². The van der Waals surface area contributed by atoms with Crippen molar-refractivity contribution in [1.29, 1.82) is 0 Å². The van der Waals surface area contributed by atoms with Gasteiger partial charge in [0.05, 0.1) is 10.7 Å². The molecule has 5 nitrogen and oxygen atoms in total. The Hall–Kier alpha value is -1.27. The number of carbonyl (C=O) groups excluding carboxylic acids is 1. The Bertz CT molecular complexity index is 489. The standard InChI is InChI=1S/C14H22N4OS/c1-2-17-5-7-18(8-6-17)12-9-11(15)13(20-12)14(19)16-10-3-4-10/h9-10H,2-8,15H2,1H3,(H,16,19). The molecule has 2 fully saturated rings. The first kappa shape index (κ1) is 13.7. The van der Waals surface area contributed by atoms with Gasteiger partial charge in [0.25, 0.3) is 5.91 Å². The number of thiophene rings is 1. The summed E-state index contributed by atoms with van der Waals surface area (Å²) < 4.78 is 0. The number of nitrogens with one attached hydrogen (secondary N) is 1. The Morgan fingerprint density at radius 2 is 2.10 bits per heavy atom. The molecule has 0 aromatic carbocycles. The fraction of sp³-hybridized carbons (Fsp3) is 0.643. The third kappa shape index (κ3) is 2.91. The van der Waals surface area contributed by atoms with Gasteiger partial charge in [-0.1, -0.05) is 6.92 Å². The molecule has 0 atom stereocenters. The summed E-state index contributed by atoms with van der Waals surface area (Å²) >= 11 is 1.52. The van der Waals surface area contributed by atoms with E-state index in [-0.39, 0.29) is 5.91 Å². The number of likely N-dealkylation sites (N-methyl/N-ethyl adjacent to an activating group) is 1. The summed E-state index contributed by atoms with van der Waals surface area (Å²) in [5, 5.41) is 4.13. The lowest BCUT2D eigenvalue weighted by atomic mass is 10.3. The van der Waals surface area contributed by atoms with Crippen LogP contribution in [0.2, 0.25) is 0 Å². The monoisotopic (exact) mass is 294 g/mol. The summed E-state index contributed by atoms with van der Waals surface area (Å²) in [6.45, 7) is 7.49. The van der Waals surface area contributed by atoms with Crippen molar-refractivity contribution in [2.75, 3.05) is 43.4 Å². The summed E-state index contributed by atoms with van der Waals surface area (Å²) in [6.07, 6.45) is 2.20. The van der Waals surface area contributed by atoms with E-state index in [1.54, 1.807) is 0 Å². The first-order valence-corrected chi connectivity index (χ1v) is 8.16.